The van der Waals surface area contributed by atoms with E-state index < -0.39 is 12.0 Å². The molecule has 0 bridgehead atoms. The molecule has 5 heteroatoms. The molecule has 1 aromatic rings. The first-order valence-corrected chi connectivity index (χ1v) is 6.42. The quantitative estimate of drug-likeness (QED) is 0.898. The van der Waals surface area contributed by atoms with Gasteiger partial charge in [-0.3, -0.25) is 4.79 Å². The molecule has 0 heterocycles. The maximum Gasteiger partial charge on any atom is 0.326 e. The summed E-state index contributed by atoms with van der Waals surface area (Å²) in [7, 11) is 0. The van der Waals surface area contributed by atoms with Crippen LogP contribution in [0.2, 0.25) is 0 Å². The number of nitrogens with one attached hydrogen (secondary N) is 1. The molecule has 1 amide bonds. The highest BCUT2D eigenvalue weighted by molar-refractivity contribution is 9.10. The van der Waals surface area contributed by atoms with Crippen molar-refractivity contribution in [3.8, 4) is 0 Å². The lowest BCUT2D eigenvalue weighted by Crippen LogP contribution is -2.44. The maximum absolute atomic E-state index is 12.0. The van der Waals surface area contributed by atoms with Crippen LogP contribution in [0.15, 0.2) is 22.7 Å². The first-order valence-electron chi connectivity index (χ1n) is 5.63. The fraction of sp³-hybridized carbons (Fsp3) is 0.385. The molecule has 1 aromatic carbocycles. The number of halogens is 1. The average molecular weight is 314 g/mol. The number of hydrogen-bond acceptors (Lipinski definition) is 2. The van der Waals surface area contributed by atoms with Crippen molar-refractivity contribution < 1.29 is 14.7 Å². The van der Waals surface area contributed by atoms with Crippen LogP contribution in [0.25, 0.3) is 0 Å². The Morgan fingerprint density at radius 2 is 1.94 bits per heavy atom. The number of aliphatic carboxylic acids is 1. The zero-order valence-electron chi connectivity index (χ0n) is 10.5. The van der Waals surface area contributed by atoms with Crippen molar-refractivity contribution in [2.75, 3.05) is 0 Å². The van der Waals surface area contributed by atoms with Crippen LogP contribution < -0.4 is 5.32 Å². The molecule has 1 atom stereocenters. The summed E-state index contributed by atoms with van der Waals surface area (Å²) < 4.78 is 0.690. The highest BCUT2D eigenvalue weighted by Crippen LogP contribution is 2.21. The summed E-state index contributed by atoms with van der Waals surface area (Å²) in [4.78, 5) is 23.1. The van der Waals surface area contributed by atoms with Crippen LogP contribution in [0.1, 0.15) is 29.8 Å². The topological polar surface area (TPSA) is 66.4 Å². The minimum Gasteiger partial charge on any atom is -0.480 e. The van der Waals surface area contributed by atoms with Gasteiger partial charge in [-0.2, -0.15) is 0 Å². The van der Waals surface area contributed by atoms with Gasteiger partial charge in [0.1, 0.15) is 6.04 Å². The third kappa shape index (κ3) is 3.32. The molecule has 2 N–H and O–H groups in total. The Labute approximate surface area is 115 Å². The molecule has 98 valence electrons. The molecule has 0 radical (unpaired) electrons. The fourth-order valence-electron chi connectivity index (χ4n) is 1.56. The summed E-state index contributed by atoms with van der Waals surface area (Å²) in [5.74, 6) is -1.58. The molecule has 18 heavy (non-hydrogen) atoms. The van der Waals surface area contributed by atoms with Gasteiger partial charge in [-0.1, -0.05) is 26.0 Å². The van der Waals surface area contributed by atoms with Gasteiger partial charge in [0.25, 0.3) is 5.91 Å². The maximum atomic E-state index is 12.0. The zero-order chi connectivity index (χ0) is 13.9. The molecule has 4 nitrogen and oxygen atoms in total. The van der Waals surface area contributed by atoms with Gasteiger partial charge in [0.2, 0.25) is 0 Å². The number of rotatable bonds is 4. The summed E-state index contributed by atoms with van der Waals surface area (Å²) in [6.07, 6.45) is 0. The Balaban J connectivity index is 2.94. The average Bonchev–Trinajstić information content (AvgIpc) is 2.28. The molecule has 0 saturated heterocycles. The Morgan fingerprint density at radius 1 is 1.33 bits per heavy atom. The van der Waals surface area contributed by atoms with Gasteiger partial charge in [0, 0.05) is 4.47 Å². The second-order valence-electron chi connectivity index (χ2n) is 4.47. The van der Waals surface area contributed by atoms with Gasteiger partial charge in [0.05, 0.1) is 5.56 Å². The molecule has 0 aliphatic heterocycles. The van der Waals surface area contributed by atoms with Crippen LogP contribution in [-0.4, -0.2) is 23.0 Å². The predicted molar refractivity (Wildman–Crippen MR) is 72.6 cm³/mol. The van der Waals surface area contributed by atoms with Crippen molar-refractivity contribution in [3.05, 3.63) is 33.8 Å². The molecule has 0 aromatic heterocycles. The third-order valence-corrected chi connectivity index (χ3v) is 3.71. The molecule has 0 fully saturated rings. The lowest BCUT2D eigenvalue weighted by Gasteiger charge is -2.18. The van der Waals surface area contributed by atoms with E-state index in [9.17, 15) is 9.59 Å². The van der Waals surface area contributed by atoms with Crippen LogP contribution in [-0.2, 0) is 4.79 Å². The van der Waals surface area contributed by atoms with Gasteiger partial charge < -0.3 is 10.4 Å². The molecule has 0 aliphatic rings. The van der Waals surface area contributed by atoms with Crippen LogP contribution in [0.5, 0.6) is 0 Å². The second-order valence-corrected chi connectivity index (χ2v) is 5.26. The van der Waals surface area contributed by atoms with Crippen LogP contribution in [0.3, 0.4) is 0 Å². The Morgan fingerprint density at radius 3 is 2.44 bits per heavy atom. The zero-order valence-corrected chi connectivity index (χ0v) is 12.1. The summed E-state index contributed by atoms with van der Waals surface area (Å²) >= 11 is 3.34. The Kier molecular flexibility index (Phi) is 4.90. The smallest absolute Gasteiger partial charge is 0.326 e. The van der Waals surface area contributed by atoms with Crippen molar-refractivity contribution in [2.45, 2.75) is 26.8 Å². The number of benzene rings is 1. The number of amides is 1. The monoisotopic (exact) mass is 313 g/mol. The van der Waals surface area contributed by atoms with Crippen molar-refractivity contribution in [2.24, 2.45) is 5.92 Å². The second kappa shape index (κ2) is 6.00. The van der Waals surface area contributed by atoms with Crippen molar-refractivity contribution in [3.63, 3.8) is 0 Å². The molecule has 0 spiro atoms. The number of carboxylic acids is 1. The van der Waals surface area contributed by atoms with E-state index in [1.54, 1.807) is 26.0 Å². The lowest BCUT2D eigenvalue weighted by atomic mass is 10.0. The van der Waals surface area contributed by atoms with E-state index in [-0.39, 0.29) is 11.8 Å². The first kappa shape index (κ1) is 14.7. The first-order chi connectivity index (χ1) is 8.34. The summed E-state index contributed by atoms with van der Waals surface area (Å²) in [5, 5.41) is 11.6. The van der Waals surface area contributed by atoms with Gasteiger partial charge in [-0.05, 0) is 40.4 Å². The highest BCUT2D eigenvalue weighted by atomic mass is 79.9. The SMILES string of the molecule is Cc1cccc(C(=O)N[C@H](C(=O)O)C(C)C)c1Br. The number of carbonyl (C=O) groups is 2. The van der Waals surface area contributed by atoms with E-state index in [1.807, 2.05) is 13.0 Å². The van der Waals surface area contributed by atoms with Crippen LogP contribution in [0.4, 0.5) is 0 Å². The van der Waals surface area contributed by atoms with E-state index in [2.05, 4.69) is 21.2 Å². The summed E-state index contributed by atoms with van der Waals surface area (Å²) in [5.41, 5.74) is 1.38. The minimum atomic E-state index is -1.03. The summed E-state index contributed by atoms with van der Waals surface area (Å²) in [6.45, 7) is 5.38. The van der Waals surface area contributed by atoms with Crippen molar-refractivity contribution in [1.29, 1.82) is 0 Å². The van der Waals surface area contributed by atoms with Gasteiger partial charge in [0.15, 0.2) is 0 Å². The van der Waals surface area contributed by atoms with Crippen molar-refractivity contribution >= 4 is 27.8 Å². The van der Waals surface area contributed by atoms with Gasteiger partial charge >= 0.3 is 5.97 Å². The van der Waals surface area contributed by atoms with E-state index in [0.717, 1.165) is 5.56 Å². The van der Waals surface area contributed by atoms with E-state index in [4.69, 9.17) is 5.11 Å². The van der Waals surface area contributed by atoms with Crippen LogP contribution >= 0.6 is 15.9 Å². The largest absolute Gasteiger partial charge is 0.480 e. The molecule has 0 unspecified atom stereocenters. The van der Waals surface area contributed by atoms with E-state index in [0.29, 0.717) is 10.0 Å². The minimum absolute atomic E-state index is 0.171. The van der Waals surface area contributed by atoms with E-state index in [1.165, 1.54) is 0 Å². The predicted octanol–water partition coefficient (Wildman–Crippen LogP) is 2.60. The molecule has 1 rings (SSSR count). The third-order valence-electron chi connectivity index (χ3n) is 2.66. The van der Waals surface area contributed by atoms with Gasteiger partial charge in [-0.25, -0.2) is 4.79 Å². The number of aryl methyl sites for hydroxylation is 1. The van der Waals surface area contributed by atoms with Gasteiger partial charge in [-0.15, -0.1) is 0 Å². The van der Waals surface area contributed by atoms with Crippen molar-refractivity contribution in [1.82, 2.24) is 5.32 Å². The lowest BCUT2D eigenvalue weighted by molar-refractivity contribution is -0.140. The van der Waals surface area contributed by atoms with Crippen LogP contribution in [0, 0.1) is 12.8 Å². The molecular formula is C13H16BrNO3. The fourth-order valence-corrected chi connectivity index (χ4v) is 2.00. The highest BCUT2D eigenvalue weighted by Gasteiger charge is 2.24. The normalized spacial score (nSPS) is 12.3. The standard InChI is InChI=1S/C13H16BrNO3/c1-7(2)11(13(17)18)15-12(16)9-6-4-5-8(3)10(9)14/h4-7,11H,1-3H3,(H,15,16)(H,17,18)/t11-/m0/s1. The number of carboxylic acid groups (broad SMARTS) is 1. The molecule has 0 saturated carbocycles. The summed E-state index contributed by atoms with van der Waals surface area (Å²) in [6, 6.07) is 4.41. The number of hydrogen-bond donors (Lipinski definition) is 2. The molecule has 0 aliphatic carbocycles. The Hall–Kier alpha value is -1.36. The molecular weight excluding hydrogens is 298 g/mol. The number of carbonyl (C=O) groups excluding carboxylic acids is 1. The van der Waals surface area contributed by atoms with E-state index >= 15 is 0 Å². The Bertz CT molecular complexity index is 471.